The molecule has 8 heterocycles. The van der Waals surface area contributed by atoms with Gasteiger partial charge in [0.05, 0.1) is 65.4 Å². The molecule has 0 aliphatic carbocycles. The Morgan fingerprint density at radius 1 is 0.654 bits per heavy atom. The topological polar surface area (TPSA) is 616 Å². The normalized spacial score (nSPS) is 28.9. The van der Waals surface area contributed by atoms with Crippen LogP contribution in [0.1, 0.15) is 136 Å². The number of carbonyl (C=O) groups is 9. The van der Waals surface area contributed by atoms with Gasteiger partial charge in [0, 0.05) is 54.1 Å². The van der Waals surface area contributed by atoms with E-state index in [9.17, 15) is 65.4 Å². The van der Waals surface area contributed by atoms with Crippen molar-refractivity contribution in [2.75, 3.05) is 32.5 Å². The van der Waals surface area contributed by atoms with Crippen LogP contribution in [0.3, 0.4) is 0 Å². The maximum absolute atomic E-state index is 16.8. The molecular formula is C90H105Cl3N12O27S. The first kappa shape index (κ1) is 100. The molecule has 11 bridgehead atoms. The lowest BCUT2D eigenvalue weighted by atomic mass is 9.84. The number of phenols is 1. The van der Waals surface area contributed by atoms with Gasteiger partial charge in [0.15, 0.2) is 36.5 Å². The molecule has 8 amide bonds. The first-order chi connectivity index (χ1) is 63.1. The Kier molecular flexibility index (Phi) is 32.2. The van der Waals surface area contributed by atoms with Crippen molar-refractivity contribution in [2.45, 2.75) is 213 Å². The molecule has 43 heteroatoms. The van der Waals surface area contributed by atoms with E-state index in [0.29, 0.717) is 16.8 Å². The molecule has 3 fully saturated rings. The van der Waals surface area contributed by atoms with Gasteiger partial charge >= 0.3 is 0 Å². The smallest absolute Gasteiger partial charge is 0.248 e. The van der Waals surface area contributed by atoms with E-state index >= 15 is 28.8 Å². The van der Waals surface area contributed by atoms with Crippen LogP contribution >= 0.6 is 46.6 Å². The number of aromatic hydroxyl groups is 1. The molecular weight excluding hydrogens is 1820 g/mol. The third-order valence-electron chi connectivity index (χ3n) is 23.9. The van der Waals surface area contributed by atoms with E-state index in [4.69, 9.17) is 89.9 Å². The number of benzene rings is 7. The fourth-order valence-electron chi connectivity index (χ4n) is 16.7. The Hall–Kier alpha value is -10.3. The molecule has 3 saturated heterocycles. The van der Waals surface area contributed by atoms with Crippen molar-refractivity contribution in [1.82, 2.24) is 47.9 Å². The second-order valence-electron chi connectivity index (χ2n) is 33.9. The summed E-state index contributed by atoms with van der Waals surface area (Å²) in [6.45, 7) is 6.78. The molecule has 0 spiro atoms. The molecule has 7 aromatic carbocycles. The Morgan fingerprint density at radius 3 is 1.88 bits per heavy atom. The van der Waals surface area contributed by atoms with Crippen molar-refractivity contribution in [3.8, 4) is 56.8 Å². The highest BCUT2D eigenvalue weighted by Gasteiger charge is 2.53. The number of thioether (sulfide) groups is 1. The summed E-state index contributed by atoms with van der Waals surface area (Å²) >= 11 is 21.3. The van der Waals surface area contributed by atoms with Crippen LogP contribution in [0.25, 0.3) is 22.3 Å². The van der Waals surface area contributed by atoms with Crippen molar-refractivity contribution >= 4 is 98.9 Å². The summed E-state index contributed by atoms with van der Waals surface area (Å²) in [6, 6.07) is 16.4. The van der Waals surface area contributed by atoms with Crippen molar-refractivity contribution in [3.63, 3.8) is 0 Å². The minimum atomic E-state index is -2.43. The first-order valence-corrected chi connectivity index (χ1v) is 44.6. The van der Waals surface area contributed by atoms with Gasteiger partial charge in [0.2, 0.25) is 64.4 Å². The molecule has 133 heavy (non-hydrogen) atoms. The summed E-state index contributed by atoms with van der Waals surface area (Å²) in [5.74, 6) is -13.9. The van der Waals surface area contributed by atoms with E-state index in [-0.39, 0.29) is 83.6 Å². The third-order valence-corrected chi connectivity index (χ3v) is 25.6. The van der Waals surface area contributed by atoms with Gasteiger partial charge in [-0.25, -0.2) is 0 Å². The van der Waals surface area contributed by atoms with Gasteiger partial charge in [-0.3, -0.25) is 43.2 Å². The molecule has 0 saturated carbocycles. The van der Waals surface area contributed by atoms with E-state index in [1.165, 1.54) is 70.3 Å². The number of halogens is 3. The second kappa shape index (κ2) is 42.7. The number of hydrogen-bond acceptors (Lipinski definition) is 32. The summed E-state index contributed by atoms with van der Waals surface area (Å²) < 4.78 is 53.3. The third kappa shape index (κ3) is 23.1. The number of ether oxygens (including phenoxy) is 8. The van der Waals surface area contributed by atoms with E-state index in [1.54, 1.807) is 26.0 Å². The molecule has 0 radical (unpaired) electrons. The number of hydrogen-bond donors (Lipinski definition) is 22. The second-order valence-corrected chi connectivity index (χ2v) is 36.1. The molecule has 7 aromatic rings. The van der Waals surface area contributed by atoms with Crippen molar-refractivity contribution in [2.24, 2.45) is 17.2 Å². The lowest BCUT2D eigenvalue weighted by Crippen LogP contribution is -2.65. The number of rotatable bonds is 24. The predicted octanol–water partition coefficient (Wildman–Crippen LogP) is 2.04. The Balaban J connectivity index is 1.03. The predicted molar refractivity (Wildman–Crippen MR) is 478 cm³/mol. The highest BCUT2D eigenvalue weighted by molar-refractivity contribution is 8.14. The minimum Gasteiger partial charge on any atom is -0.508 e. The standard InChI is InChI=1S/C90H105Cl3N12O27S/c1-38(107)25-56(97-6)80(116)104-70-72(111)45-14-21-58(54(92)27-45)127-60-29-47-30-61(76(60)132-88-77(74(113)73(112)62(36-106)129-88)131-66-34-90(5,79(115)40(3)126-66)99-35-41-7-9-42(10-8-41)43-11-16-48(91)17-12-43)128-59-22-15-46(28-55(59)93)75(130-65-33-89(4,96)78(114)39(2)125-65)71-85(121)103-69(87(124)133-37-64(110)98-24-23-94)53-31-49(108)18-20-50(53)52-26-44(13-19-51(52)86(122)123)67(82(118)105-71)102-83(119)68(47)101-81(117)57(32-63(95)109)100-84(70)120/h7-22,26-31,38-40,56-57,62,65-75,77-79,86,88,97,99,106-108,111-115,122-123H,23-25,32-37,94,96H2,1-6H3,(H2,95,109)(H,98,110)(H,100,120)(H,101,117)(H,102,119)(H,103,121)(H,104,116)(H,105,118)/t38?,39-,40-,56+,57-,62+,65-,66-,67+,68+,69-,70+,71-,72+,73+,74-,75+,77+,78-,79-,88-,89-,90-/m0/s1. The summed E-state index contributed by atoms with van der Waals surface area (Å²) in [6.07, 6.45) is -27.3. The number of primary amides is 1. The SMILES string of the molecule is CN[C@H](CC(C)O)C(=O)N[C@H]1C(=O)N[C@@H](CC(N)=O)C(=O)N[C@H]2C(=O)N[C@H]3C(=O)N[C@H](C(=O)N[C@H](C(=O)SCC(=O)NCCN)c4cc(O)ccc4-c4cc3ccc4C(O)O)[C@H](O[C@H]3C[C@](C)(N)[C@@H](O)[C@H](C)O3)c3ccc(c(Cl)c3)Oc3cc2cc(c3O[C@@H]2O[C@H](CO)[C@@H](O)[C@H](O)[C@H]2O[C@H]2C[C@](C)(NCc3ccc(-c4ccc(Cl)cc4)cc3)[C@@H](O)[C@H](C)O2)Oc2ccc(cc2Cl)[C@H]1O. The molecule has 714 valence electrons. The van der Waals surface area contributed by atoms with Crippen LogP contribution in [0, 0.1) is 0 Å². The van der Waals surface area contributed by atoms with Gasteiger partial charge in [-0.05, 0) is 170 Å². The van der Waals surface area contributed by atoms with Crippen LogP contribution in [0.15, 0.2) is 133 Å². The fourth-order valence-corrected chi connectivity index (χ4v) is 18.0. The van der Waals surface area contributed by atoms with Crippen molar-refractivity contribution in [1.29, 1.82) is 0 Å². The molecule has 1 unspecified atom stereocenters. The monoisotopic (exact) mass is 1920 g/mol. The molecule has 15 rings (SSSR count). The fraction of sp³-hybridized carbons (Fsp3) is 0.433. The Bertz CT molecular complexity index is 5480. The van der Waals surface area contributed by atoms with Gasteiger partial charge < -0.3 is 154 Å². The average molecular weight is 1930 g/mol. The molecule has 39 nitrogen and oxygen atoms in total. The zero-order chi connectivity index (χ0) is 96.1. The number of fused-ring (bicyclic) bond motifs is 15. The van der Waals surface area contributed by atoms with Gasteiger partial charge in [-0.1, -0.05) is 113 Å². The highest BCUT2D eigenvalue weighted by atomic mass is 35.5. The van der Waals surface area contributed by atoms with Crippen molar-refractivity contribution in [3.05, 3.63) is 187 Å². The molecule has 23 atom stereocenters. The molecule has 8 aliphatic heterocycles. The zero-order valence-electron chi connectivity index (χ0n) is 72.5. The van der Waals surface area contributed by atoms with Crippen LogP contribution < -0.4 is 79.3 Å². The van der Waals surface area contributed by atoms with Crippen LogP contribution in [0.2, 0.25) is 15.1 Å². The number of nitrogens with two attached hydrogens (primary N) is 3. The van der Waals surface area contributed by atoms with Gasteiger partial charge in [-0.15, -0.1) is 0 Å². The minimum absolute atomic E-state index is 0.00762. The molecule has 25 N–H and O–H groups in total. The van der Waals surface area contributed by atoms with Crippen LogP contribution in [0.5, 0.6) is 34.5 Å². The summed E-state index contributed by atoms with van der Waals surface area (Å²) in [5.41, 5.74) is 15.9. The average Bonchev–Trinajstić information content (AvgIpc) is 0.764. The van der Waals surface area contributed by atoms with E-state index < -0.39 is 261 Å². The van der Waals surface area contributed by atoms with E-state index in [2.05, 4.69) is 47.9 Å². The zero-order valence-corrected chi connectivity index (χ0v) is 75.5. The van der Waals surface area contributed by atoms with E-state index in [0.717, 1.165) is 59.2 Å². The maximum Gasteiger partial charge on any atom is 0.248 e. The van der Waals surface area contributed by atoms with Crippen LogP contribution in [0.4, 0.5) is 0 Å². The Morgan fingerprint density at radius 2 is 1.26 bits per heavy atom. The number of carbonyl (C=O) groups excluding carboxylic acids is 9. The number of aliphatic hydroxyl groups excluding tert-OH is 8. The van der Waals surface area contributed by atoms with E-state index in [1.807, 2.05) is 36.4 Å². The lowest BCUT2D eigenvalue weighted by Gasteiger charge is -2.48. The number of amides is 8. The number of likely N-dealkylation sites (N-methyl/N-ethyl adjacent to an activating group) is 1. The maximum atomic E-state index is 16.8. The van der Waals surface area contributed by atoms with Crippen LogP contribution in [-0.2, 0) is 73.4 Å². The van der Waals surface area contributed by atoms with Gasteiger partial charge in [0.25, 0.3) is 0 Å². The molecule has 8 aliphatic rings. The quantitative estimate of drug-likeness (QED) is 0.0385. The van der Waals surface area contributed by atoms with Crippen molar-refractivity contribution < 1.29 is 132 Å². The van der Waals surface area contributed by atoms with Gasteiger partial charge in [-0.2, -0.15) is 0 Å². The Labute approximate surface area is 781 Å². The number of nitrogens with one attached hydrogen (secondary N) is 9. The first-order valence-electron chi connectivity index (χ1n) is 42.5. The molecule has 0 aromatic heterocycles. The lowest BCUT2D eigenvalue weighted by molar-refractivity contribution is -0.334. The summed E-state index contributed by atoms with van der Waals surface area (Å²) in [4.78, 5) is 137. The number of aliphatic hydroxyl groups is 9. The highest BCUT2D eigenvalue weighted by Crippen LogP contribution is 2.50. The van der Waals surface area contributed by atoms with Gasteiger partial charge in [0.1, 0.15) is 84.0 Å². The summed E-state index contributed by atoms with van der Waals surface area (Å²) in [7, 11) is 1.37. The summed E-state index contributed by atoms with van der Waals surface area (Å²) in [5, 5.41) is 139. The van der Waals surface area contributed by atoms with Crippen LogP contribution in [-0.4, -0.2) is 245 Å². The largest absolute Gasteiger partial charge is 0.508 e. The number of phenolic OH excluding ortho intramolecular Hbond substituents is 1.